The van der Waals surface area contributed by atoms with Crippen molar-refractivity contribution in [1.82, 2.24) is 4.98 Å². The molecule has 1 aromatic heterocycles. The molecule has 5 heteroatoms. The molecule has 0 aliphatic heterocycles. The van der Waals surface area contributed by atoms with Crippen LogP contribution in [0.25, 0.3) is 0 Å². The van der Waals surface area contributed by atoms with Gasteiger partial charge in [0.05, 0.1) is 0 Å². The van der Waals surface area contributed by atoms with Crippen molar-refractivity contribution in [3.8, 4) is 0 Å². The van der Waals surface area contributed by atoms with Crippen molar-refractivity contribution >= 4 is 22.4 Å². The van der Waals surface area contributed by atoms with E-state index in [1.165, 1.54) is 24.2 Å². The van der Waals surface area contributed by atoms with Crippen LogP contribution in [0, 0.1) is 12.8 Å². The van der Waals surface area contributed by atoms with Crippen LogP contribution in [-0.4, -0.2) is 28.6 Å². The third-order valence-electron chi connectivity index (χ3n) is 3.01. The minimum atomic E-state index is -0.930. The summed E-state index contributed by atoms with van der Waals surface area (Å²) in [5.41, 5.74) is 0.200. The minimum absolute atomic E-state index is 0.200. The maximum Gasteiger partial charge on any atom is 0.355 e. The smallest absolute Gasteiger partial charge is 0.355 e. The standard InChI is InChI=1S/C12H18N2O2S/c1-7(2)14(6-9-4-5-9)12-13-10(11(15)16)8(3)17-12/h7,9H,4-6H2,1-3H3,(H,15,16). The van der Waals surface area contributed by atoms with Crippen LogP contribution < -0.4 is 4.90 Å². The Hall–Kier alpha value is -1.10. The van der Waals surface area contributed by atoms with Crippen LogP contribution in [-0.2, 0) is 0 Å². The van der Waals surface area contributed by atoms with Gasteiger partial charge >= 0.3 is 5.97 Å². The summed E-state index contributed by atoms with van der Waals surface area (Å²) in [6.07, 6.45) is 2.58. The van der Waals surface area contributed by atoms with Crippen LogP contribution in [0.1, 0.15) is 42.1 Å². The summed E-state index contributed by atoms with van der Waals surface area (Å²) in [5.74, 6) is -0.157. The number of anilines is 1. The van der Waals surface area contributed by atoms with Gasteiger partial charge in [-0.1, -0.05) is 0 Å². The van der Waals surface area contributed by atoms with E-state index in [0.29, 0.717) is 6.04 Å². The zero-order valence-electron chi connectivity index (χ0n) is 10.4. The summed E-state index contributed by atoms with van der Waals surface area (Å²) in [4.78, 5) is 18.3. The molecule has 0 amide bonds. The quantitative estimate of drug-likeness (QED) is 0.878. The highest BCUT2D eigenvalue weighted by Gasteiger charge is 2.28. The van der Waals surface area contributed by atoms with E-state index in [1.807, 2.05) is 6.92 Å². The number of aromatic nitrogens is 1. The first-order chi connectivity index (χ1) is 7.99. The zero-order valence-corrected chi connectivity index (χ0v) is 11.3. The number of hydrogen-bond acceptors (Lipinski definition) is 4. The van der Waals surface area contributed by atoms with E-state index in [2.05, 4.69) is 23.7 Å². The molecule has 0 spiro atoms. The van der Waals surface area contributed by atoms with E-state index < -0.39 is 5.97 Å². The van der Waals surface area contributed by atoms with Gasteiger partial charge in [-0.05, 0) is 39.5 Å². The second-order valence-corrected chi connectivity index (χ2v) is 6.08. The Kier molecular flexibility index (Phi) is 3.38. The van der Waals surface area contributed by atoms with Crippen LogP contribution in [0.4, 0.5) is 5.13 Å². The molecule has 0 aromatic carbocycles. The van der Waals surface area contributed by atoms with Crippen LogP contribution in [0.5, 0.6) is 0 Å². The molecule has 0 bridgehead atoms. The maximum atomic E-state index is 11.0. The Morgan fingerprint density at radius 2 is 2.24 bits per heavy atom. The van der Waals surface area contributed by atoms with E-state index in [1.54, 1.807) is 0 Å². The minimum Gasteiger partial charge on any atom is -0.476 e. The van der Waals surface area contributed by atoms with Crippen molar-refractivity contribution < 1.29 is 9.90 Å². The molecule has 1 aliphatic carbocycles. The van der Waals surface area contributed by atoms with Crippen LogP contribution >= 0.6 is 11.3 Å². The van der Waals surface area contributed by atoms with Gasteiger partial charge in [0.1, 0.15) is 0 Å². The van der Waals surface area contributed by atoms with Crippen molar-refractivity contribution in [3.05, 3.63) is 10.6 Å². The van der Waals surface area contributed by atoms with Gasteiger partial charge in [0.15, 0.2) is 10.8 Å². The third kappa shape index (κ3) is 2.77. The fourth-order valence-corrected chi connectivity index (χ4v) is 2.84. The normalized spacial score (nSPS) is 15.3. The van der Waals surface area contributed by atoms with Gasteiger partial charge in [0.25, 0.3) is 0 Å². The number of hydrogen-bond donors (Lipinski definition) is 1. The van der Waals surface area contributed by atoms with Gasteiger partial charge in [-0.2, -0.15) is 0 Å². The predicted molar refractivity (Wildman–Crippen MR) is 69.0 cm³/mol. The van der Waals surface area contributed by atoms with E-state index >= 15 is 0 Å². The highest BCUT2D eigenvalue weighted by molar-refractivity contribution is 7.15. The molecule has 1 heterocycles. The molecule has 0 saturated heterocycles. The van der Waals surface area contributed by atoms with Crippen molar-refractivity contribution in [2.24, 2.45) is 5.92 Å². The highest BCUT2D eigenvalue weighted by Crippen LogP contribution is 2.34. The average Bonchev–Trinajstić information content (AvgIpc) is 2.97. The lowest BCUT2D eigenvalue weighted by Gasteiger charge is -2.25. The van der Waals surface area contributed by atoms with Gasteiger partial charge in [-0.15, -0.1) is 11.3 Å². The first-order valence-electron chi connectivity index (χ1n) is 5.96. The highest BCUT2D eigenvalue weighted by atomic mass is 32.1. The van der Waals surface area contributed by atoms with Crippen LogP contribution in [0.15, 0.2) is 0 Å². The molecule has 4 nitrogen and oxygen atoms in total. The first-order valence-corrected chi connectivity index (χ1v) is 6.78. The van der Waals surface area contributed by atoms with E-state index in [9.17, 15) is 4.79 Å². The molecule has 94 valence electrons. The second-order valence-electron chi connectivity index (χ2n) is 4.90. The molecule has 1 N–H and O–H groups in total. The van der Waals surface area contributed by atoms with E-state index in [4.69, 9.17) is 5.11 Å². The molecule has 17 heavy (non-hydrogen) atoms. The SMILES string of the molecule is Cc1sc(N(CC2CC2)C(C)C)nc1C(=O)O. The molecule has 0 radical (unpaired) electrons. The molecule has 2 rings (SSSR count). The fourth-order valence-electron chi connectivity index (χ4n) is 1.79. The second kappa shape index (κ2) is 4.64. The Morgan fingerprint density at radius 3 is 2.65 bits per heavy atom. The molecule has 1 aromatic rings. The van der Waals surface area contributed by atoms with Crippen molar-refractivity contribution in [1.29, 1.82) is 0 Å². The fraction of sp³-hybridized carbons (Fsp3) is 0.667. The Morgan fingerprint density at radius 1 is 1.59 bits per heavy atom. The van der Waals surface area contributed by atoms with Gasteiger partial charge in [-0.25, -0.2) is 9.78 Å². The lowest BCUT2D eigenvalue weighted by molar-refractivity contribution is 0.0690. The number of carboxylic acids is 1. The lowest BCUT2D eigenvalue weighted by atomic mass is 10.3. The third-order valence-corrected chi connectivity index (χ3v) is 4.02. The Bertz CT molecular complexity index is 424. The number of nitrogens with zero attached hydrogens (tertiary/aromatic N) is 2. The number of carboxylic acid groups (broad SMARTS) is 1. The van der Waals surface area contributed by atoms with Gasteiger partial charge in [0.2, 0.25) is 0 Å². The molecule has 1 saturated carbocycles. The molecule has 0 unspecified atom stereocenters. The summed E-state index contributed by atoms with van der Waals surface area (Å²) < 4.78 is 0. The van der Waals surface area contributed by atoms with Crippen LogP contribution in [0.2, 0.25) is 0 Å². The molecule has 1 fully saturated rings. The van der Waals surface area contributed by atoms with Crippen molar-refractivity contribution in [2.45, 2.75) is 39.7 Å². The summed E-state index contributed by atoms with van der Waals surface area (Å²) in [5, 5.41) is 9.87. The van der Waals surface area contributed by atoms with Crippen LogP contribution in [0.3, 0.4) is 0 Å². The van der Waals surface area contributed by atoms with Gasteiger partial charge in [-0.3, -0.25) is 0 Å². The molecule has 1 aliphatic rings. The summed E-state index contributed by atoms with van der Waals surface area (Å²) in [6.45, 7) is 7.07. The Labute approximate surface area is 105 Å². The van der Waals surface area contributed by atoms with Gasteiger partial charge in [0, 0.05) is 17.5 Å². The van der Waals surface area contributed by atoms with Crippen molar-refractivity contribution in [2.75, 3.05) is 11.4 Å². The van der Waals surface area contributed by atoms with E-state index in [0.717, 1.165) is 22.5 Å². The Balaban J connectivity index is 2.22. The summed E-state index contributed by atoms with van der Waals surface area (Å²) >= 11 is 1.48. The van der Waals surface area contributed by atoms with Crippen molar-refractivity contribution in [3.63, 3.8) is 0 Å². The molecular formula is C12H18N2O2S. The van der Waals surface area contributed by atoms with E-state index in [-0.39, 0.29) is 5.69 Å². The lowest BCUT2D eigenvalue weighted by Crippen LogP contribution is -2.32. The number of thiazole rings is 1. The molecule has 0 atom stereocenters. The summed E-state index contributed by atoms with van der Waals surface area (Å²) in [6, 6.07) is 0.364. The summed E-state index contributed by atoms with van der Waals surface area (Å²) in [7, 11) is 0. The topological polar surface area (TPSA) is 53.4 Å². The predicted octanol–water partition coefficient (Wildman–Crippen LogP) is 2.77. The zero-order chi connectivity index (χ0) is 12.6. The number of aryl methyl sites for hydroxylation is 1. The molecular weight excluding hydrogens is 236 g/mol. The number of carbonyl (C=O) groups is 1. The number of aromatic carboxylic acids is 1. The van der Waals surface area contributed by atoms with Gasteiger partial charge < -0.3 is 10.0 Å². The largest absolute Gasteiger partial charge is 0.476 e. The maximum absolute atomic E-state index is 11.0. The monoisotopic (exact) mass is 254 g/mol. The first kappa shape index (κ1) is 12.4. The number of rotatable bonds is 5. The average molecular weight is 254 g/mol.